The van der Waals surface area contributed by atoms with E-state index in [0.29, 0.717) is 18.0 Å². The van der Waals surface area contributed by atoms with E-state index >= 15 is 0 Å². The van der Waals surface area contributed by atoms with Crippen LogP contribution in [-0.2, 0) is 4.74 Å². The van der Waals surface area contributed by atoms with E-state index in [1.54, 1.807) is 12.3 Å². The average Bonchev–Trinajstić information content (AvgIpc) is 2.74. The number of nitrogen functional groups attached to an aromatic ring is 1. The van der Waals surface area contributed by atoms with Gasteiger partial charge in [0, 0.05) is 12.6 Å². The second-order valence-corrected chi connectivity index (χ2v) is 3.96. The molecule has 4 heteroatoms. The van der Waals surface area contributed by atoms with Crippen molar-refractivity contribution in [2.24, 2.45) is 0 Å². The molecule has 0 spiro atoms. The van der Waals surface area contributed by atoms with Crippen molar-refractivity contribution in [2.45, 2.75) is 31.9 Å². The van der Waals surface area contributed by atoms with Gasteiger partial charge in [-0.3, -0.25) is 0 Å². The van der Waals surface area contributed by atoms with Crippen LogP contribution in [0.25, 0.3) is 0 Å². The fraction of sp³-hybridized carbons (Fsp3) is 0.545. The van der Waals surface area contributed by atoms with E-state index in [9.17, 15) is 0 Å². The van der Waals surface area contributed by atoms with E-state index in [4.69, 9.17) is 10.5 Å². The van der Waals surface area contributed by atoms with E-state index in [2.05, 4.69) is 17.2 Å². The molecule has 15 heavy (non-hydrogen) atoms. The first-order valence-electron chi connectivity index (χ1n) is 5.35. The molecular formula is C11H17N3O. The third-order valence-electron chi connectivity index (χ3n) is 2.70. The summed E-state index contributed by atoms with van der Waals surface area (Å²) in [7, 11) is 0. The standard InChI is InChI=1S/C11H17N3O/c1-8(10-3-2-6-15-10)14-9-4-5-11(12)13-7-9/h4-5,7-8,10,14H,2-3,6H2,1H3,(H2,12,13). The summed E-state index contributed by atoms with van der Waals surface area (Å²) in [5, 5.41) is 3.37. The van der Waals surface area contributed by atoms with Crippen molar-refractivity contribution in [1.82, 2.24) is 4.98 Å². The van der Waals surface area contributed by atoms with Gasteiger partial charge in [-0.1, -0.05) is 0 Å². The predicted octanol–water partition coefficient (Wildman–Crippen LogP) is 1.64. The maximum atomic E-state index is 5.60. The lowest BCUT2D eigenvalue weighted by Gasteiger charge is -2.20. The van der Waals surface area contributed by atoms with Crippen LogP contribution in [0.1, 0.15) is 19.8 Å². The normalized spacial score (nSPS) is 22.6. The summed E-state index contributed by atoms with van der Waals surface area (Å²) in [5.74, 6) is 0.547. The highest BCUT2D eigenvalue weighted by atomic mass is 16.5. The molecule has 0 saturated carbocycles. The van der Waals surface area contributed by atoms with Crippen molar-refractivity contribution >= 4 is 11.5 Å². The molecule has 0 radical (unpaired) electrons. The van der Waals surface area contributed by atoms with Crippen LogP contribution in [0.15, 0.2) is 18.3 Å². The summed E-state index contributed by atoms with van der Waals surface area (Å²) < 4.78 is 5.60. The molecule has 1 saturated heterocycles. The number of nitrogens with zero attached hydrogens (tertiary/aromatic N) is 1. The number of nitrogens with one attached hydrogen (secondary N) is 1. The molecule has 1 aromatic heterocycles. The lowest BCUT2D eigenvalue weighted by Crippen LogP contribution is -2.29. The van der Waals surface area contributed by atoms with Crippen LogP contribution < -0.4 is 11.1 Å². The molecule has 1 aliphatic heterocycles. The van der Waals surface area contributed by atoms with E-state index < -0.39 is 0 Å². The van der Waals surface area contributed by atoms with Gasteiger partial charge in [-0.15, -0.1) is 0 Å². The van der Waals surface area contributed by atoms with Gasteiger partial charge in [-0.25, -0.2) is 4.98 Å². The Morgan fingerprint density at radius 3 is 3.07 bits per heavy atom. The molecule has 0 aliphatic carbocycles. The van der Waals surface area contributed by atoms with Gasteiger partial charge in [0.1, 0.15) is 5.82 Å². The SMILES string of the molecule is CC(Nc1ccc(N)nc1)C1CCCO1. The van der Waals surface area contributed by atoms with E-state index in [1.807, 2.05) is 6.07 Å². The van der Waals surface area contributed by atoms with Crippen LogP contribution in [0.5, 0.6) is 0 Å². The van der Waals surface area contributed by atoms with Gasteiger partial charge < -0.3 is 15.8 Å². The highest BCUT2D eigenvalue weighted by Gasteiger charge is 2.21. The van der Waals surface area contributed by atoms with Crippen molar-refractivity contribution in [3.8, 4) is 0 Å². The zero-order chi connectivity index (χ0) is 10.7. The highest BCUT2D eigenvalue weighted by Crippen LogP contribution is 2.18. The topological polar surface area (TPSA) is 60.2 Å². The summed E-state index contributed by atoms with van der Waals surface area (Å²) >= 11 is 0. The van der Waals surface area contributed by atoms with Crippen LogP contribution in [0.4, 0.5) is 11.5 Å². The summed E-state index contributed by atoms with van der Waals surface area (Å²) in [5.41, 5.74) is 6.51. The summed E-state index contributed by atoms with van der Waals surface area (Å²) in [6, 6.07) is 4.05. The number of rotatable bonds is 3. The Bertz CT molecular complexity index is 306. The van der Waals surface area contributed by atoms with Gasteiger partial charge in [0.2, 0.25) is 0 Å². The smallest absolute Gasteiger partial charge is 0.123 e. The first kappa shape index (κ1) is 10.2. The number of pyridine rings is 1. The Balaban J connectivity index is 1.92. The van der Waals surface area contributed by atoms with Crippen LogP contribution in [0.3, 0.4) is 0 Å². The van der Waals surface area contributed by atoms with Gasteiger partial charge in [0.15, 0.2) is 0 Å². The van der Waals surface area contributed by atoms with Crippen molar-refractivity contribution < 1.29 is 4.74 Å². The zero-order valence-electron chi connectivity index (χ0n) is 8.94. The molecule has 3 N–H and O–H groups in total. The minimum Gasteiger partial charge on any atom is -0.384 e. The quantitative estimate of drug-likeness (QED) is 0.791. The molecule has 1 fully saturated rings. The number of ether oxygens (including phenoxy) is 1. The Morgan fingerprint density at radius 2 is 2.47 bits per heavy atom. The van der Waals surface area contributed by atoms with Crippen molar-refractivity contribution in [3.05, 3.63) is 18.3 Å². The minimum absolute atomic E-state index is 0.318. The molecule has 0 aromatic carbocycles. The number of nitrogens with two attached hydrogens (primary N) is 1. The summed E-state index contributed by atoms with van der Waals surface area (Å²) in [6.07, 6.45) is 4.37. The zero-order valence-corrected chi connectivity index (χ0v) is 8.94. The molecule has 2 rings (SSSR count). The number of hydrogen-bond acceptors (Lipinski definition) is 4. The van der Waals surface area contributed by atoms with Crippen LogP contribution >= 0.6 is 0 Å². The lowest BCUT2D eigenvalue weighted by molar-refractivity contribution is 0.0996. The van der Waals surface area contributed by atoms with Crippen LogP contribution in [0.2, 0.25) is 0 Å². The summed E-state index contributed by atoms with van der Waals surface area (Å²) in [4.78, 5) is 4.03. The molecule has 2 atom stereocenters. The monoisotopic (exact) mass is 207 g/mol. The Morgan fingerprint density at radius 1 is 1.60 bits per heavy atom. The van der Waals surface area contributed by atoms with Crippen molar-refractivity contribution in [2.75, 3.05) is 17.7 Å². The molecule has 0 amide bonds. The van der Waals surface area contributed by atoms with Crippen LogP contribution in [0, 0.1) is 0 Å². The van der Waals surface area contributed by atoms with E-state index in [0.717, 1.165) is 25.1 Å². The minimum atomic E-state index is 0.318. The van der Waals surface area contributed by atoms with Crippen molar-refractivity contribution in [3.63, 3.8) is 0 Å². The van der Waals surface area contributed by atoms with Crippen LogP contribution in [-0.4, -0.2) is 23.7 Å². The highest BCUT2D eigenvalue weighted by molar-refractivity contribution is 5.46. The first-order chi connectivity index (χ1) is 7.25. The molecule has 0 bridgehead atoms. The molecule has 4 nitrogen and oxygen atoms in total. The fourth-order valence-electron chi connectivity index (χ4n) is 1.84. The van der Waals surface area contributed by atoms with Crippen molar-refractivity contribution in [1.29, 1.82) is 0 Å². The largest absolute Gasteiger partial charge is 0.384 e. The van der Waals surface area contributed by atoms with Gasteiger partial charge in [-0.05, 0) is 31.9 Å². The molecule has 1 aromatic rings. The van der Waals surface area contributed by atoms with E-state index in [1.165, 1.54) is 0 Å². The molecule has 1 aliphatic rings. The Hall–Kier alpha value is -1.29. The maximum absolute atomic E-state index is 5.60. The average molecular weight is 207 g/mol. The number of anilines is 2. The third-order valence-corrected chi connectivity index (χ3v) is 2.70. The van der Waals surface area contributed by atoms with Gasteiger partial charge in [0.25, 0.3) is 0 Å². The lowest BCUT2D eigenvalue weighted by atomic mass is 10.1. The summed E-state index contributed by atoms with van der Waals surface area (Å²) in [6.45, 7) is 3.02. The number of hydrogen-bond donors (Lipinski definition) is 2. The Kier molecular flexibility index (Phi) is 3.06. The number of aromatic nitrogens is 1. The second kappa shape index (κ2) is 4.49. The second-order valence-electron chi connectivity index (χ2n) is 3.96. The molecule has 2 unspecified atom stereocenters. The van der Waals surface area contributed by atoms with Gasteiger partial charge in [-0.2, -0.15) is 0 Å². The molecule has 2 heterocycles. The first-order valence-corrected chi connectivity index (χ1v) is 5.35. The van der Waals surface area contributed by atoms with Gasteiger partial charge in [0.05, 0.1) is 18.0 Å². The predicted molar refractivity (Wildman–Crippen MR) is 60.7 cm³/mol. The van der Waals surface area contributed by atoms with E-state index in [-0.39, 0.29) is 0 Å². The molecular weight excluding hydrogens is 190 g/mol. The third kappa shape index (κ3) is 2.59. The Labute approximate surface area is 89.8 Å². The fourth-order valence-corrected chi connectivity index (χ4v) is 1.84. The van der Waals surface area contributed by atoms with Gasteiger partial charge >= 0.3 is 0 Å². The maximum Gasteiger partial charge on any atom is 0.123 e. The molecule has 82 valence electrons.